The standard InChI is InChI=1S/C33H33BFN3O5/c1-32(2)33(3,4)43-34(42-32)24-16-17-25-29(28(24)35)37(5)31(39)38(25)26-18-19-27(40-20-22-12-8-6-9-13-22)36-30(26)41-21-23-14-10-7-11-15-23/h6-19H,20-21H2,1-5H3. The van der Waals surface area contributed by atoms with Gasteiger partial charge in [0.15, 0.2) is 0 Å². The summed E-state index contributed by atoms with van der Waals surface area (Å²) in [6.07, 6.45) is 0. The van der Waals surface area contributed by atoms with Crippen LogP contribution in [-0.2, 0) is 29.6 Å². The number of hydrogen-bond acceptors (Lipinski definition) is 6. The van der Waals surface area contributed by atoms with E-state index in [0.29, 0.717) is 23.7 Å². The molecule has 5 aromatic rings. The molecule has 0 N–H and O–H groups in total. The van der Waals surface area contributed by atoms with Gasteiger partial charge in [-0.25, -0.2) is 9.18 Å². The fourth-order valence-corrected chi connectivity index (χ4v) is 5.03. The number of fused-ring (bicyclic) bond motifs is 1. The minimum atomic E-state index is -0.916. The van der Waals surface area contributed by atoms with E-state index in [1.165, 1.54) is 16.2 Å². The van der Waals surface area contributed by atoms with E-state index in [1.807, 2.05) is 88.4 Å². The van der Waals surface area contributed by atoms with Crippen LogP contribution in [0.4, 0.5) is 4.39 Å². The number of benzene rings is 3. The van der Waals surface area contributed by atoms with Crippen molar-refractivity contribution in [2.45, 2.75) is 52.1 Å². The van der Waals surface area contributed by atoms with Gasteiger partial charge in [0.05, 0.1) is 16.7 Å². The van der Waals surface area contributed by atoms with Crippen LogP contribution in [0.25, 0.3) is 16.7 Å². The van der Waals surface area contributed by atoms with Gasteiger partial charge in [-0.2, -0.15) is 4.98 Å². The van der Waals surface area contributed by atoms with Crippen molar-refractivity contribution in [1.29, 1.82) is 0 Å². The summed E-state index contributed by atoms with van der Waals surface area (Å²) in [7, 11) is 0.619. The third kappa shape index (κ3) is 5.32. The van der Waals surface area contributed by atoms with Gasteiger partial charge in [0.1, 0.15) is 30.2 Å². The van der Waals surface area contributed by atoms with Gasteiger partial charge in [0, 0.05) is 18.6 Å². The number of hydrogen-bond donors (Lipinski definition) is 0. The summed E-state index contributed by atoms with van der Waals surface area (Å²) >= 11 is 0. The first-order valence-electron chi connectivity index (χ1n) is 14.2. The first kappa shape index (κ1) is 28.7. The second kappa shape index (κ2) is 11.0. The van der Waals surface area contributed by atoms with Gasteiger partial charge in [-0.3, -0.25) is 9.13 Å². The SMILES string of the molecule is Cn1c(=O)n(-c2ccc(OCc3ccccc3)nc2OCc2ccccc2)c2ccc(B3OC(C)(C)C(C)(C)O3)c(F)c21. The molecule has 0 bridgehead atoms. The van der Waals surface area contributed by atoms with Crippen molar-refractivity contribution < 1.29 is 23.2 Å². The maximum atomic E-state index is 16.2. The Bertz CT molecular complexity index is 1820. The molecule has 0 aliphatic carbocycles. The van der Waals surface area contributed by atoms with Crippen molar-refractivity contribution in [2.75, 3.05) is 0 Å². The Morgan fingerprint density at radius 1 is 0.814 bits per heavy atom. The molecule has 0 unspecified atom stereocenters. The van der Waals surface area contributed by atoms with E-state index in [4.69, 9.17) is 18.8 Å². The van der Waals surface area contributed by atoms with Gasteiger partial charge in [0.2, 0.25) is 11.8 Å². The van der Waals surface area contributed by atoms with Gasteiger partial charge in [-0.05, 0) is 51.0 Å². The van der Waals surface area contributed by atoms with Gasteiger partial charge < -0.3 is 18.8 Å². The Labute approximate surface area is 249 Å². The Morgan fingerprint density at radius 2 is 1.40 bits per heavy atom. The molecule has 6 rings (SSSR count). The van der Waals surface area contributed by atoms with Crippen LogP contribution >= 0.6 is 0 Å². The number of halogens is 1. The average molecular weight is 581 g/mol. The van der Waals surface area contributed by atoms with Gasteiger partial charge in [-0.1, -0.05) is 66.7 Å². The van der Waals surface area contributed by atoms with E-state index in [1.54, 1.807) is 24.3 Å². The Morgan fingerprint density at radius 3 is 2.00 bits per heavy atom. The monoisotopic (exact) mass is 581 g/mol. The van der Waals surface area contributed by atoms with Gasteiger partial charge in [0.25, 0.3) is 0 Å². The average Bonchev–Trinajstić information content (AvgIpc) is 3.38. The fourth-order valence-electron chi connectivity index (χ4n) is 5.03. The molecule has 3 heterocycles. The molecule has 0 spiro atoms. The van der Waals surface area contributed by atoms with Crippen LogP contribution in [0.3, 0.4) is 0 Å². The van der Waals surface area contributed by atoms with Crippen molar-refractivity contribution >= 4 is 23.6 Å². The van der Waals surface area contributed by atoms with Crippen molar-refractivity contribution in [3.8, 4) is 17.4 Å². The highest BCUT2D eigenvalue weighted by molar-refractivity contribution is 6.62. The summed E-state index contributed by atoms with van der Waals surface area (Å²) in [6.45, 7) is 8.16. The predicted octanol–water partition coefficient (Wildman–Crippen LogP) is 5.32. The number of aromatic nitrogens is 3. The molecule has 3 aromatic carbocycles. The number of rotatable bonds is 8. The molecule has 0 amide bonds. The van der Waals surface area contributed by atoms with Crippen LogP contribution in [0, 0.1) is 5.82 Å². The molecule has 2 aromatic heterocycles. The van der Waals surface area contributed by atoms with E-state index in [9.17, 15) is 4.79 Å². The first-order chi connectivity index (χ1) is 20.6. The zero-order chi connectivity index (χ0) is 30.4. The highest BCUT2D eigenvalue weighted by Crippen LogP contribution is 2.37. The van der Waals surface area contributed by atoms with E-state index in [-0.39, 0.29) is 23.5 Å². The molecule has 0 radical (unpaired) electrons. The number of aryl methyl sites for hydroxylation is 1. The number of nitrogens with zero attached hydrogens (tertiary/aromatic N) is 3. The summed E-state index contributed by atoms with van der Waals surface area (Å²) in [5.41, 5.74) is 1.24. The number of ether oxygens (including phenoxy) is 2. The Kier molecular flexibility index (Phi) is 7.36. The van der Waals surface area contributed by atoms with E-state index >= 15 is 4.39 Å². The summed E-state index contributed by atoms with van der Waals surface area (Å²) in [6, 6.07) is 26.0. The second-order valence-corrected chi connectivity index (χ2v) is 11.6. The predicted molar refractivity (Wildman–Crippen MR) is 164 cm³/mol. The zero-order valence-corrected chi connectivity index (χ0v) is 24.8. The summed E-state index contributed by atoms with van der Waals surface area (Å²) in [5, 5.41) is 0. The van der Waals surface area contributed by atoms with Crippen LogP contribution < -0.4 is 20.6 Å². The lowest BCUT2D eigenvalue weighted by Gasteiger charge is -2.32. The van der Waals surface area contributed by atoms with E-state index < -0.39 is 29.8 Å². The molecule has 220 valence electrons. The fraction of sp³-hybridized carbons (Fsp3) is 0.273. The smallest absolute Gasteiger partial charge is 0.473 e. The summed E-state index contributed by atoms with van der Waals surface area (Å²) in [4.78, 5) is 18.3. The lowest BCUT2D eigenvalue weighted by Crippen LogP contribution is -2.41. The molecule has 1 fully saturated rings. The van der Waals surface area contributed by atoms with Crippen molar-refractivity contribution in [3.05, 3.63) is 112 Å². The van der Waals surface area contributed by atoms with Crippen molar-refractivity contribution in [2.24, 2.45) is 7.05 Å². The Balaban J connectivity index is 1.41. The normalized spacial score (nSPS) is 15.6. The van der Waals surface area contributed by atoms with E-state index in [0.717, 1.165) is 11.1 Å². The van der Waals surface area contributed by atoms with Gasteiger partial charge in [-0.15, -0.1) is 0 Å². The maximum Gasteiger partial charge on any atom is 0.497 e. The highest BCUT2D eigenvalue weighted by Gasteiger charge is 2.52. The third-order valence-corrected chi connectivity index (χ3v) is 8.19. The summed E-state index contributed by atoms with van der Waals surface area (Å²) in [5.74, 6) is -0.0745. The quantitative estimate of drug-likeness (QED) is 0.231. The van der Waals surface area contributed by atoms with Crippen molar-refractivity contribution in [3.63, 3.8) is 0 Å². The zero-order valence-electron chi connectivity index (χ0n) is 24.8. The van der Waals surface area contributed by atoms with Crippen LogP contribution in [0.2, 0.25) is 0 Å². The molecular weight excluding hydrogens is 548 g/mol. The maximum absolute atomic E-state index is 16.2. The number of imidazole rings is 1. The number of pyridine rings is 1. The minimum Gasteiger partial charge on any atom is -0.473 e. The molecule has 1 saturated heterocycles. The Hall–Kier alpha value is -4.41. The third-order valence-electron chi connectivity index (χ3n) is 8.19. The topological polar surface area (TPSA) is 76.7 Å². The first-order valence-corrected chi connectivity index (χ1v) is 14.2. The molecule has 0 atom stereocenters. The second-order valence-electron chi connectivity index (χ2n) is 11.6. The molecule has 0 saturated carbocycles. The lowest BCUT2D eigenvalue weighted by molar-refractivity contribution is 0.00578. The minimum absolute atomic E-state index is 0.121. The van der Waals surface area contributed by atoms with Crippen LogP contribution in [0.5, 0.6) is 11.8 Å². The largest absolute Gasteiger partial charge is 0.497 e. The van der Waals surface area contributed by atoms with Gasteiger partial charge >= 0.3 is 12.8 Å². The van der Waals surface area contributed by atoms with Crippen LogP contribution in [0.15, 0.2) is 89.7 Å². The molecule has 1 aliphatic rings. The molecule has 10 heteroatoms. The molecule has 43 heavy (non-hydrogen) atoms. The van der Waals surface area contributed by atoms with Crippen LogP contribution in [0.1, 0.15) is 38.8 Å². The van der Waals surface area contributed by atoms with E-state index in [2.05, 4.69) is 4.98 Å². The molecule has 1 aliphatic heterocycles. The molecular formula is C33H33BFN3O5. The highest BCUT2D eigenvalue weighted by atomic mass is 19.1. The van der Waals surface area contributed by atoms with Crippen LogP contribution in [-0.4, -0.2) is 32.4 Å². The molecule has 8 nitrogen and oxygen atoms in total. The summed E-state index contributed by atoms with van der Waals surface area (Å²) < 4.78 is 43.2. The lowest BCUT2D eigenvalue weighted by atomic mass is 9.78. The van der Waals surface area contributed by atoms with Crippen molar-refractivity contribution in [1.82, 2.24) is 14.1 Å².